The molecule has 0 spiro atoms. The lowest BCUT2D eigenvalue weighted by molar-refractivity contribution is 0.0898. The number of amides is 1. The summed E-state index contributed by atoms with van der Waals surface area (Å²) in [4.78, 5) is 31.5. The third kappa shape index (κ3) is 4.60. The minimum Gasteiger partial charge on any atom is -0.465 e. The van der Waals surface area contributed by atoms with E-state index in [1.165, 1.54) is 0 Å². The van der Waals surface area contributed by atoms with Gasteiger partial charge in [0.25, 0.3) is 5.56 Å². The molecule has 2 bridgehead atoms. The highest BCUT2D eigenvalue weighted by atomic mass is 79.9. The van der Waals surface area contributed by atoms with Gasteiger partial charge >= 0.3 is 6.09 Å². The second kappa shape index (κ2) is 8.83. The molecule has 2 N–H and O–H groups in total. The minimum atomic E-state index is -1.18. The van der Waals surface area contributed by atoms with E-state index >= 15 is 0 Å². The van der Waals surface area contributed by atoms with E-state index < -0.39 is 14.2 Å². The van der Waals surface area contributed by atoms with Crippen LogP contribution in [0, 0.1) is 0 Å². The number of piperidine rings is 1. The molecule has 0 unspecified atom stereocenters. The summed E-state index contributed by atoms with van der Waals surface area (Å²) in [6.07, 6.45) is 4.28. The number of anilines is 1. The van der Waals surface area contributed by atoms with Crippen LogP contribution in [-0.2, 0) is 18.5 Å². The van der Waals surface area contributed by atoms with E-state index in [1.807, 2.05) is 10.8 Å². The zero-order chi connectivity index (χ0) is 23.2. The Morgan fingerprint density at radius 3 is 2.56 bits per heavy atom. The quantitative estimate of drug-likeness (QED) is 0.423. The molecular formula is C21H32BrN5O4Si. The van der Waals surface area contributed by atoms with Crippen molar-refractivity contribution in [2.45, 2.75) is 76.2 Å². The van der Waals surface area contributed by atoms with E-state index in [9.17, 15) is 9.59 Å². The fraction of sp³-hybridized carbons (Fsp3) is 0.667. The molecule has 4 rings (SSSR count). The number of ether oxygens (including phenoxy) is 1. The fourth-order valence-corrected chi connectivity index (χ4v) is 6.28. The van der Waals surface area contributed by atoms with E-state index in [-0.39, 0.29) is 23.7 Å². The molecule has 11 heteroatoms. The largest absolute Gasteiger partial charge is 0.465 e. The maximum atomic E-state index is 13.3. The molecule has 2 aromatic heterocycles. The van der Waals surface area contributed by atoms with Crippen molar-refractivity contribution in [1.82, 2.24) is 19.4 Å². The number of fused-ring (bicyclic) bond motifs is 3. The van der Waals surface area contributed by atoms with Crippen LogP contribution in [0.4, 0.5) is 10.7 Å². The zero-order valence-corrected chi connectivity index (χ0v) is 21.7. The Labute approximate surface area is 196 Å². The third-order valence-corrected chi connectivity index (χ3v) is 8.85. The number of nitrogens with zero attached hydrogens (tertiary/aromatic N) is 4. The molecule has 4 heterocycles. The van der Waals surface area contributed by atoms with Crippen LogP contribution in [0.1, 0.15) is 25.7 Å². The molecule has 2 aromatic rings. The lowest BCUT2D eigenvalue weighted by Gasteiger charge is -2.40. The van der Waals surface area contributed by atoms with Gasteiger partial charge in [-0.2, -0.15) is 4.98 Å². The van der Waals surface area contributed by atoms with Gasteiger partial charge < -0.3 is 24.6 Å². The van der Waals surface area contributed by atoms with Gasteiger partial charge in [-0.15, -0.1) is 0 Å². The van der Waals surface area contributed by atoms with E-state index in [0.29, 0.717) is 34.8 Å². The Morgan fingerprint density at radius 1 is 1.31 bits per heavy atom. The molecule has 0 aliphatic carbocycles. The molecule has 2 aliphatic rings. The summed E-state index contributed by atoms with van der Waals surface area (Å²) < 4.78 is 10.2. The lowest BCUT2D eigenvalue weighted by Crippen LogP contribution is -2.51. The molecule has 3 atom stereocenters. The van der Waals surface area contributed by atoms with Crippen LogP contribution in [0.3, 0.4) is 0 Å². The summed E-state index contributed by atoms with van der Waals surface area (Å²) in [5, 5.41) is 12.3. The number of halogens is 1. The van der Waals surface area contributed by atoms with Crippen molar-refractivity contribution in [2.75, 3.05) is 11.5 Å². The maximum Gasteiger partial charge on any atom is 0.404 e. The monoisotopic (exact) mass is 525 g/mol. The van der Waals surface area contributed by atoms with Crippen molar-refractivity contribution in [1.29, 1.82) is 0 Å². The Balaban J connectivity index is 1.63. The van der Waals surface area contributed by atoms with Crippen LogP contribution >= 0.6 is 15.9 Å². The predicted octanol–water partition coefficient (Wildman–Crippen LogP) is 3.58. The second-order valence-electron chi connectivity index (χ2n) is 10.2. The molecule has 0 saturated carbocycles. The van der Waals surface area contributed by atoms with Crippen LogP contribution in [0.2, 0.25) is 25.7 Å². The van der Waals surface area contributed by atoms with Crippen LogP contribution in [0.15, 0.2) is 15.5 Å². The zero-order valence-electron chi connectivity index (χ0n) is 19.1. The first-order valence-electron chi connectivity index (χ1n) is 11.2. The van der Waals surface area contributed by atoms with Gasteiger partial charge in [0.15, 0.2) is 5.65 Å². The van der Waals surface area contributed by atoms with E-state index in [1.54, 1.807) is 11.6 Å². The summed E-state index contributed by atoms with van der Waals surface area (Å²) in [6.45, 7) is 8.00. The highest BCUT2D eigenvalue weighted by Crippen LogP contribution is 2.39. The van der Waals surface area contributed by atoms with Gasteiger partial charge in [-0.05, 0) is 47.7 Å². The second-order valence-corrected chi connectivity index (χ2v) is 16.7. The molecule has 1 amide bonds. The normalized spacial score (nSPS) is 23.2. The molecule has 32 heavy (non-hydrogen) atoms. The van der Waals surface area contributed by atoms with Crippen LogP contribution in [0.5, 0.6) is 0 Å². The number of rotatable bonds is 7. The molecular weight excluding hydrogens is 494 g/mol. The Hall–Kier alpha value is -1.85. The van der Waals surface area contributed by atoms with Crippen molar-refractivity contribution in [3.8, 4) is 0 Å². The van der Waals surface area contributed by atoms with Crippen LogP contribution in [-0.4, -0.2) is 58.1 Å². The molecule has 0 aromatic carbocycles. The first kappa shape index (κ1) is 23.3. The standard InChI is InChI=1S/C21H32BrN5O4Si/c1-25-19(28)17-16(22)11-26(12-31-7-8-32(2,3)4)18(17)24-20(25)27-14-5-6-15(27)10-13(9-14)23-21(29)30/h11,13-15,23H,5-10,12H2,1-4H3,(H,29,30)/t13-,14+,15-. The average Bonchev–Trinajstić information content (AvgIpc) is 3.13. The maximum absolute atomic E-state index is 13.3. The fourth-order valence-electron chi connectivity index (χ4n) is 4.93. The number of hydrogen-bond donors (Lipinski definition) is 2. The summed E-state index contributed by atoms with van der Waals surface area (Å²) in [5.41, 5.74) is 0.524. The van der Waals surface area contributed by atoms with Crippen molar-refractivity contribution in [3.63, 3.8) is 0 Å². The van der Waals surface area contributed by atoms with Crippen LogP contribution in [0.25, 0.3) is 11.0 Å². The topological polar surface area (TPSA) is 102 Å². The summed E-state index contributed by atoms with van der Waals surface area (Å²) in [6, 6.07) is 1.36. The molecule has 9 nitrogen and oxygen atoms in total. The predicted molar refractivity (Wildman–Crippen MR) is 130 cm³/mol. The Kier molecular flexibility index (Phi) is 6.43. The number of carboxylic acid groups (broad SMARTS) is 1. The van der Waals surface area contributed by atoms with E-state index in [4.69, 9.17) is 14.8 Å². The molecule has 2 aliphatic heterocycles. The first-order chi connectivity index (χ1) is 15.0. The van der Waals surface area contributed by atoms with Gasteiger partial charge in [0.1, 0.15) is 6.73 Å². The molecule has 0 radical (unpaired) electrons. The number of nitrogens with one attached hydrogen (secondary N) is 1. The van der Waals surface area contributed by atoms with Gasteiger partial charge in [-0.3, -0.25) is 9.36 Å². The van der Waals surface area contributed by atoms with Crippen molar-refractivity contribution in [3.05, 3.63) is 21.0 Å². The Bertz CT molecular complexity index is 1060. The molecule has 2 fully saturated rings. The summed E-state index contributed by atoms with van der Waals surface area (Å²) in [5.74, 6) is 0.651. The van der Waals surface area contributed by atoms with Gasteiger partial charge in [-0.1, -0.05) is 19.6 Å². The van der Waals surface area contributed by atoms with E-state index in [2.05, 4.69) is 45.8 Å². The smallest absolute Gasteiger partial charge is 0.404 e. The highest BCUT2D eigenvalue weighted by molar-refractivity contribution is 9.10. The van der Waals surface area contributed by atoms with Crippen molar-refractivity contribution in [2.24, 2.45) is 7.05 Å². The number of carbonyl (C=O) groups is 1. The van der Waals surface area contributed by atoms with Crippen molar-refractivity contribution < 1.29 is 14.6 Å². The summed E-state index contributed by atoms with van der Waals surface area (Å²) in [7, 11) is 0.586. The van der Waals surface area contributed by atoms with Gasteiger partial charge in [0.2, 0.25) is 5.95 Å². The Morgan fingerprint density at radius 2 is 1.97 bits per heavy atom. The third-order valence-electron chi connectivity index (χ3n) is 6.55. The molecule has 2 saturated heterocycles. The average molecular weight is 527 g/mol. The van der Waals surface area contributed by atoms with Gasteiger partial charge in [-0.25, -0.2) is 4.79 Å². The van der Waals surface area contributed by atoms with Crippen molar-refractivity contribution >= 4 is 47.1 Å². The summed E-state index contributed by atoms with van der Waals surface area (Å²) >= 11 is 3.53. The number of hydrogen-bond acceptors (Lipinski definition) is 5. The lowest BCUT2D eigenvalue weighted by atomic mass is 9.98. The molecule has 176 valence electrons. The highest BCUT2D eigenvalue weighted by Gasteiger charge is 2.43. The van der Waals surface area contributed by atoms with E-state index in [0.717, 1.165) is 31.7 Å². The number of aromatic nitrogens is 3. The van der Waals surface area contributed by atoms with Gasteiger partial charge in [0.05, 0.1) is 9.86 Å². The SMILES string of the molecule is Cn1c(N2[C@@H]3CC[C@H]2C[C@@H](NC(=O)O)C3)nc2c(c(Br)cn2COCC[Si](C)(C)C)c1=O. The first-order valence-corrected chi connectivity index (χ1v) is 15.7. The van der Waals surface area contributed by atoms with Crippen LogP contribution < -0.4 is 15.8 Å². The van der Waals surface area contributed by atoms with Gasteiger partial charge in [0, 0.05) is 46.1 Å². The minimum absolute atomic E-state index is 0.0558.